The van der Waals surface area contributed by atoms with Crippen LogP contribution in [0.25, 0.3) is 0 Å². The summed E-state index contributed by atoms with van der Waals surface area (Å²) in [6.45, 7) is 0. The van der Waals surface area contributed by atoms with Gasteiger partial charge in [0.2, 0.25) is 0 Å². The van der Waals surface area contributed by atoms with Gasteiger partial charge in [0.05, 0.1) is 32.1 Å². The predicted octanol–water partition coefficient (Wildman–Crippen LogP) is 5.07. The van der Waals surface area contributed by atoms with Crippen LogP contribution in [0.4, 0.5) is 11.4 Å². The summed E-state index contributed by atoms with van der Waals surface area (Å²) in [5.41, 5.74) is 0.0588. The van der Waals surface area contributed by atoms with E-state index in [4.69, 9.17) is 57.2 Å². The quantitative estimate of drug-likeness (QED) is 0.434. The van der Waals surface area contributed by atoms with Crippen LogP contribution < -0.4 is 0 Å². The van der Waals surface area contributed by atoms with Gasteiger partial charge in [-0.25, -0.2) is 10.8 Å². The molecule has 8 heteroatoms. The Morgan fingerprint density at radius 1 is 0.688 bits per heavy atom. The van der Waals surface area contributed by atoms with Crippen molar-refractivity contribution in [3.8, 4) is 0 Å². The molecule has 1 rings (SSSR count). The van der Waals surface area contributed by atoms with Crippen molar-refractivity contribution in [2.24, 2.45) is 9.98 Å². The summed E-state index contributed by atoms with van der Waals surface area (Å²) in [5, 5.41) is 13.5. The molecule has 0 aliphatic heterocycles. The summed E-state index contributed by atoms with van der Waals surface area (Å²) < 4.78 is 0. The molecule has 0 atom stereocenters. The molecule has 0 spiro atoms. The molecule has 0 saturated heterocycles. The Kier molecular flexibility index (Phi) is 4.51. The van der Waals surface area contributed by atoms with E-state index in [-0.39, 0.29) is 31.5 Å². The second-order valence-electron chi connectivity index (χ2n) is 2.40. The van der Waals surface area contributed by atoms with Crippen LogP contribution in [0.3, 0.4) is 0 Å². The van der Waals surface area contributed by atoms with Crippen LogP contribution in [0.5, 0.6) is 0 Å². The molecule has 0 heterocycles. The van der Waals surface area contributed by atoms with Gasteiger partial charge in [-0.1, -0.05) is 46.4 Å². The van der Waals surface area contributed by atoms with E-state index in [9.17, 15) is 0 Å². The largest absolute Gasteiger partial charge is 0.241 e. The molecule has 2 N–H and O–H groups in total. The molecule has 0 unspecified atom stereocenters. The van der Waals surface area contributed by atoms with Gasteiger partial charge in [-0.3, -0.25) is 0 Å². The number of hydrogen-bond donors (Lipinski definition) is 2. The second-order valence-corrected chi connectivity index (χ2v) is 3.91. The third-order valence-electron chi connectivity index (χ3n) is 1.55. The Morgan fingerprint density at radius 2 is 1.06 bits per heavy atom. The van der Waals surface area contributed by atoms with Gasteiger partial charge in [-0.15, -0.1) is 0 Å². The SMILES string of the molecule is N=C=Nc1c(Cl)c(Cl)c(Cl)c(N=C=N)c1Cl. The van der Waals surface area contributed by atoms with E-state index >= 15 is 0 Å². The number of hydrogen-bond acceptors (Lipinski definition) is 4. The van der Waals surface area contributed by atoms with Crippen molar-refractivity contribution in [3.63, 3.8) is 0 Å². The second kappa shape index (κ2) is 5.46. The molecule has 4 nitrogen and oxygen atoms in total. The lowest BCUT2D eigenvalue weighted by atomic mass is 10.2. The summed E-state index contributed by atoms with van der Waals surface area (Å²) in [5.74, 6) is 0. The Bertz CT molecular complexity index is 496. The van der Waals surface area contributed by atoms with Gasteiger partial charge in [0, 0.05) is 0 Å². The van der Waals surface area contributed by atoms with Crippen LogP contribution >= 0.6 is 46.4 Å². The maximum Gasteiger partial charge on any atom is 0.116 e. The van der Waals surface area contributed by atoms with Crippen LogP contribution in [-0.2, 0) is 0 Å². The molecule has 16 heavy (non-hydrogen) atoms. The van der Waals surface area contributed by atoms with Crippen molar-refractivity contribution in [1.82, 2.24) is 0 Å². The number of benzene rings is 1. The first-order valence-corrected chi connectivity index (χ1v) is 5.16. The molecule has 1 aromatic carbocycles. The molecule has 0 aliphatic rings. The summed E-state index contributed by atoms with van der Waals surface area (Å²) in [4.78, 5) is 7.02. The van der Waals surface area contributed by atoms with E-state index < -0.39 is 0 Å². The van der Waals surface area contributed by atoms with E-state index in [1.54, 1.807) is 12.0 Å². The van der Waals surface area contributed by atoms with Gasteiger partial charge in [0.15, 0.2) is 0 Å². The Hall–Kier alpha value is -0.860. The Morgan fingerprint density at radius 3 is 1.38 bits per heavy atom. The normalized spacial score (nSPS) is 9.25. The Balaban J connectivity index is 3.78. The molecule has 0 amide bonds. The van der Waals surface area contributed by atoms with E-state index in [0.29, 0.717) is 0 Å². The van der Waals surface area contributed by atoms with Gasteiger partial charge in [0.1, 0.15) is 11.4 Å². The van der Waals surface area contributed by atoms with Gasteiger partial charge < -0.3 is 0 Å². The van der Waals surface area contributed by atoms with Gasteiger partial charge >= 0.3 is 0 Å². The third kappa shape index (κ3) is 2.28. The molecule has 0 bridgehead atoms. The number of aliphatic imine (C=N–C) groups is 2. The molecule has 0 aliphatic carbocycles. The van der Waals surface area contributed by atoms with Crippen molar-refractivity contribution in [2.45, 2.75) is 0 Å². The fourth-order valence-electron chi connectivity index (χ4n) is 0.917. The van der Waals surface area contributed by atoms with Crippen molar-refractivity contribution in [2.75, 3.05) is 0 Å². The van der Waals surface area contributed by atoms with Crippen molar-refractivity contribution >= 4 is 69.8 Å². The molecule has 0 fully saturated rings. The molecule has 82 valence electrons. The molecule has 1 aromatic rings. The minimum atomic E-state index is -0.0149. The van der Waals surface area contributed by atoms with Crippen LogP contribution in [0.2, 0.25) is 20.1 Å². The average molecular weight is 296 g/mol. The van der Waals surface area contributed by atoms with Crippen LogP contribution in [-0.4, -0.2) is 12.0 Å². The van der Waals surface area contributed by atoms with Gasteiger partial charge in [0.25, 0.3) is 0 Å². The lowest BCUT2D eigenvalue weighted by molar-refractivity contribution is 1.44. The first kappa shape index (κ1) is 13.2. The number of rotatable bonds is 2. The standard InChI is InChI=1S/C8H2Cl4N4/c9-3-4(10)7(15-1-13)6(12)8(5(3)11)16-2-14/h13-14H. The maximum absolute atomic E-state index is 6.74. The summed E-state index contributed by atoms with van der Waals surface area (Å²) in [7, 11) is 0. The van der Waals surface area contributed by atoms with Crippen LogP contribution in [0.1, 0.15) is 0 Å². The van der Waals surface area contributed by atoms with E-state index in [2.05, 4.69) is 9.98 Å². The molecule has 0 radical (unpaired) electrons. The topological polar surface area (TPSA) is 72.4 Å². The molecule has 0 aromatic heterocycles. The van der Waals surface area contributed by atoms with E-state index in [0.717, 1.165) is 0 Å². The van der Waals surface area contributed by atoms with Gasteiger partial charge in [-0.2, -0.15) is 9.98 Å². The third-order valence-corrected chi connectivity index (χ3v) is 3.22. The summed E-state index contributed by atoms with van der Waals surface area (Å²) >= 11 is 23.4. The van der Waals surface area contributed by atoms with E-state index in [1.807, 2.05) is 0 Å². The Labute approximate surface area is 111 Å². The average Bonchev–Trinajstić information content (AvgIpc) is 2.28. The van der Waals surface area contributed by atoms with E-state index in [1.165, 1.54) is 0 Å². The van der Waals surface area contributed by atoms with Crippen LogP contribution in [0, 0.1) is 10.8 Å². The van der Waals surface area contributed by atoms with Crippen molar-refractivity contribution in [3.05, 3.63) is 20.1 Å². The number of halogens is 4. The minimum Gasteiger partial charge on any atom is -0.241 e. The highest BCUT2D eigenvalue weighted by atomic mass is 35.5. The fraction of sp³-hybridized carbons (Fsp3) is 0. The zero-order valence-electron chi connectivity index (χ0n) is 7.41. The lowest BCUT2D eigenvalue weighted by Gasteiger charge is -2.07. The predicted molar refractivity (Wildman–Crippen MR) is 66.1 cm³/mol. The molecular weight excluding hydrogens is 294 g/mol. The summed E-state index contributed by atoms with van der Waals surface area (Å²) in [6.07, 6.45) is 0. The highest BCUT2D eigenvalue weighted by Gasteiger charge is 2.19. The number of nitrogens with zero attached hydrogens (tertiary/aromatic N) is 2. The number of nitrogens with one attached hydrogen (secondary N) is 2. The van der Waals surface area contributed by atoms with Crippen LogP contribution in [0.15, 0.2) is 9.98 Å². The highest BCUT2D eigenvalue weighted by molar-refractivity contribution is 6.52. The van der Waals surface area contributed by atoms with Crippen molar-refractivity contribution < 1.29 is 0 Å². The zero-order valence-corrected chi connectivity index (χ0v) is 10.4. The smallest absolute Gasteiger partial charge is 0.116 e. The first-order chi connectivity index (χ1) is 7.54. The first-order valence-electron chi connectivity index (χ1n) is 3.65. The maximum atomic E-state index is 6.74. The summed E-state index contributed by atoms with van der Waals surface area (Å²) in [6, 6.07) is 3.55. The fourth-order valence-corrected chi connectivity index (χ4v) is 1.98. The minimum absolute atomic E-state index is 0.000322. The monoisotopic (exact) mass is 294 g/mol. The van der Waals surface area contributed by atoms with Crippen molar-refractivity contribution in [1.29, 1.82) is 10.8 Å². The zero-order chi connectivity index (χ0) is 12.3. The lowest BCUT2D eigenvalue weighted by Crippen LogP contribution is -1.79. The molecular formula is C8H2Cl4N4. The van der Waals surface area contributed by atoms with Gasteiger partial charge in [-0.05, 0) is 0 Å². The molecule has 0 saturated carbocycles. The highest BCUT2D eigenvalue weighted by Crippen LogP contribution is 2.49.